The summed E-state index contributed by atoms with van der Waals surface area (Å²) in [5.74, 6) is 0.0453. The molecule has 4 heteroatoms. The molecule has 2 aromatic rings. The van der Waals surface area contributed by atoms with E-state index in [2.05, 4.69) is 5.32 Å². The van der Waals surface area contributed by atoms with Crippen LogP contribution in [0.5, 0.6) is 0 Å². The Morgan fingerprint density at radius 3 is 2.40 bits per heavy atom. The van der Waals surface area contributed by atoms with Gasteiger partial charge in [-0.2, -0.15) is 0 Å². The van der Waals surface area contributed by atoms with Crippen molar-refractivity contribution in [2.75, 3.05) is 0 Å². The third kappa shape index (κ3) is 4.69. The van der Waals surface area contributed by atoms with E-state index in [1.807, 2.05) is 60.7 Å². The molecule has 0 saturated heterocycles. The van der Waals surface area contributed by atoms with Gasteiger partial charge in [0, 0.05) is 12.3 Å². The van der Waals surface area contributed by atoms with Crippen LogP contribution in [0.15, 0.2) is 60.7 Å². The van der Waals surface area contributed by atoms with Gasteiger partial charge in [0.15, 0.2) is 0 Å². The molecule has 0 bridgehead atoms. The van der Waals surface area contributed by atoms with Crippen LogP contribution in [0.1, 0.15) is 42.9 Å². The van der Waals surface area contributed by atoms with Gasteiger partial charge in [-0.15, -0.1) is 0 Å². The number of carbonyl (C=O) groups excluding carboxylic acids is 2. The van der Waals surface area contributed by atoms with Crippen molar-refractivity contribution in [3.8, 4) is 0 Å². The molecule has 1 amide bonds. The summed E-state index contributed by atoms with van der Waals surface area (Å²) in [4.78, 5) is 24.7. The molecule has 2 aromatic carbocycles. The molecule has 1 N–H and O–H groups in total. The van der Waals surface area contributed by atoms with Crippen LogP contribution >= 0.6 is 0 Å². The second kappa shape index (κ2) is 8.47. The molecule has 1 aliphatic carbocycles. The fraction of sp³-hybridized carbons (Fsp3) is 0.333. The standard InChI is InChI=1S/C21H23NO3/c23-19-14-8-7-13-18(19)20(17-11-5-2-6-12-17)22-21(24)25-15-16-9-3-1-4-10-16/h1-6,9-12,18,20H,7-8,13-15H2,(H,22,24). The van der Waals surface area contributed by atoms with Crippen molar-refractivity contribution < 1.29 is 14.3 Å². The van der Waals surface area contributed by atoms with E-state index in [-0.39, 0.29) is 24.3 Å². The van der Waals surface area contributed by atoms with E-state index in [0.29, 0.717) is 6.42 Å². The molecule has 4 nitrogen and oxygen atoms in total. The van der Waals surface area contributed by atoms with Crippen LogP contribution in [0.25, 0.3) is 0 Å². The number of hydrogen-bond donors (Lipinski definition) is 1. The van der Waals surface area contributed by atoms with Crippen LogP contribution < -0.4 is 5.32 Å². The molecule has 0 aliphatic heterocycles. The summed E-state index contributed by atoms with van der Waals surface area (Å²) in [7, 11) is 0. The highest BCUT2D eigenvalue weighted by Crippen LogP contribution is 2.32. The van der Waals surface area contributed by atoms with Crippen LogP contribution in [0.2, 0.25) is 0 Å². The van der Waals surface area contributed by atoms with E-state index in [4.69, 9.17) is 4.74 Å². The summed E-state index contributed by atoms with van der Waals surface area (Å²) in [6, 6.07) is 18.9. The van der Waals surface area contributed by atoms with Gasteiger partial charge in [0.05, 0.1) is 6.04 Å². The summed E-state index contributed by atoms with van der Waals surface area (Å²) < 4.78 is 5.34. The fourth-order valence-electron chi connectivity index (χ4n) is 3.33. The number of nitrogens with one attached hydrogen (secondary N) is 1. The largest absolute Gasteiger partial charge is 0.445 e. The first-order valence-electron chi connectivity index (χ1n) is 8.79. The van der Waals surface area contributed by atoms with E-state index in [1.54, 1.807) is 0 Å². The van der Waals surface area contributed by atoms with Crippen LogP contribution in [-0.2, 0) is 16.1 Å². The number of ether oxygens (including phenoxy) is 1. The zero-order chi connectivity index (χ0) is 17.5. The molecule has 2 atom stereocenters. The van der Waals surface area contributed by atoms with Gasteiger partial charge in [0.1, 0.15) is 12.4 Å². The molecule has 3 rings (SSSR count). The number of benzene rings is 2. The molecule has 0 radical (unpaired) electrons. The molecule has 25 heavy (non-hydrogen) atoms. The van der Waals surface area contributed by atoms with Crippen LogP contribution in [0.4, 0.5) is 4.79 Å². The predicted octanol–water partition coefficient (Wildman–Crippen LogP) is 4.41. The van der Waals surface area contributed by atoms with Gasteiger partial charge in [0.25, 0.3) is 0 Å². The lowest BCUT2D eigenvalue weighted by Gasteiger charge is -2.30. The lowest BCUT2D eigenvalue weighted by molar-refractivity contribution is -0.125. The first kappa shape index (κ1) is 17.2. The minimum Gasteiger partial charge on any atom is -0.445 e. The van der Waals surface area contributed by atoms with E-state index in [0.717, 1.165) is 30.4 Å². The molecule has 1 aliphatic rings. The van der Waals surface area contributed by atoms with Crippen molar-refractivity contribution in [2.45, 2.75) is 38.3 Å². The van der Waals surface area contributed by atoms with Gasteiger partial charge in [-0.3, -0.25) is 4.79 Å². The fourth-order valence-corrected chi connectivity index (χ4v) is 3.33. The second-order valence-corrected chi connectivity index (χ2v) is 6.41. The Hall–Kier alpha value is -2.62. The minimum absolute atomic E-state index is 0.180. The van der Waals surface area contributed by atoms with Crippen LogP contribution in [0.3, 0.4) is 0 Å². The van der Waals surface area contributed by atoms with Gasteiger partial charge >= 0.3 is 6.09 Å². The van der Waals surface area contributed by atoms with Crippen molar-refractivity contribution in [2.24, 2.45) is 5.92 Å². The number of amides is 1. The maximum absolute atomic E-state index is 12.4. The molecular weight excluding hydrogens is 314 g/mol. The predicted molar refractivity (Wildman–Crippen MR) is 95.9 cm³/mol. The number of rotatable bonds is 5. The lowest BCUT2D eigenvalue weighted by Crippen LogP contribution is -2.38. The van der Waals surface area contributed by atoms with Crippen LogP contribution in [-0.4, -0.2) is 11.9 Å². The topological polar surface area (TPSA) is 55.4 Å². The third-order valence-electron chi connectivity index (χ3n) is 4.65. The minimum atomic E-state index is -0.490. The average Bonchev–Trinajstić information content (AvgIpc) is 2.67. The van der Waals surface area contributed by atoms with E-state index in [1.165, 1.54) is 0 Å². The average molecular weight is 337 g/mol. The second-order valence-electron chi connectivity index (χ2n) is 6.41. The third-order valence-corrected chi connectivity index (χ3v) is 4.65. The SMILES string of the molecule is O=C(NC(c1ccccc1)C1CCCCC1=O)OCc1ccccc1. The Balaban J connectivity index is 1.69. The Morgan fingerprint density at radius 2 is 1.72 bits per heavy atom. The molecule has 130 valence electrons. The number of Topliss-reactive ketones (excluding diaryl/α,β-unsaturated/α-hetero) is 1. The molecular formula is C21H23NO3. The lowest BCUT2D eigenvalue weighted by atomic mass is 9.80. The van der Waals surface area contributed by atoms with Crippen molar-refractivity contribution in [1.29, 1.82) is 0 Å². The Morgan fingerprint density at radius 1 is 1.04 bits per heavy atom. The molecule has 0 spiro atoms. The van der Waals surface area contributed by atoms with Crippen molar-refractivity contribution in [3.05, 3.63) is 71.8 Å². The maximum Gasteiger partial charge on any atom is 0.407 e. The summed E-state index contributed by atoms with van der Waals surface area (Å²) in [5, 5.41) is 2.92. The van der Waals surface area contributed by atoms with Gasteiger partial charge < -0.3 is 10.1 Å². The summed E-state index contributed by atoms with van der Waals surface area (Å²) >= 11 is 0. The van der Waals surface area contributed by atoms with Crippen molar-refractivity contribution >= 4 is 11.9 Å². The number of hydrogen-bond acceptors (Lipinski definition) is 3. The molecule has 0 heterocycles. The maximum atomic E-state index is 12.4. The van der Waals surface area contributed by atoms with Gasteiger partial charge in [-0.25, -0.2) is 4.79 Å². The highest BCUT2D eigenvalue weighted by molar-refractivity contribution is 5.83. The molecule has 0 aromatic heterocycles. The zero-order valence-corrected chi connectivity index (χ0v) is 14.2. The Bertz CT molecular complexity index is 700. The first-order chi connectivity index (χ1) is 12.2. The molecule has 1 fully saturated rings. The van der Waals surface area contributed by atoms with Crippen molar-refractivity contribution in [1.82, 2.24) is 5.32 Å². The highest BCUT2D eigenvalue weighted by atomic mass is 16.5. The molecule has 1 saturated carbocycles. The normalized spacial score (nSPS) is 18.4. The Labute approximate surface area is 148 Å². The summed E-state index contributed by atoms with van der Waals surface area (Å²) in [5.41, 5.74) is 1.88. The van der Waals surface area contributed by atoms with E-state index < -0.39 is 6.09 Å². The summed E-state index contributed by atoms with van der Waals surface area (Å²) in [6.45, 7) is 0.215. The zero-order valence-electron chi connectivity index (χ0n) is 14.2. The van der Waals surface area contributed by atoms with Gasteiger partial charge in [0.2, 0.25) is 0 Å². The number of alkyl carbamates (subject to hydrolysis) is 1. The van der Waals surface area contributed by atoms with Crippen molar-refractivity contribution in [3.63, 3.8) is 0 Å². The number of carbonyl (C=O) groups is 2. The van der Waals surface area contributed by atoms with Gasteiger partial charge in [-0.1, -0.05) is 67.1 Å². The highest BCUT2D eigenvalue weighted by Gasteiger charge is 2.32. The number of ketones is 1. The van der Waals surface area contributed by atoms with E-state index >= 15 is 0 Å². The summed E-state index contributed by atoms with van der Waals surface area (Å²) in [6.07, 6.45) is 2.86. The quantitative estimate of drug-likeness (QED) is 0.879. The molecule has 2 unspecified atom stereocenters. The Kier molecular flexibility index (Phi) is 5.83. The van der Waals surface area contributed by atoms with Gasteiger partial charge in [-0.05, 0) is 24.0 Å². The monoisotopic (exact) mass is 337 g/mol. The first-order valence-corrected chi connectivity index (χ1v) is 8.79. The van der Waals surface area contributed by atoms with E-state index in [9.17, 15) is 9.59 Å². The van der Waals surface area contributed by atoms with Crippen LogP contribution in [0, 0.1) is 5.92 Å². The smallest absolute Gasteiger partial charge is 0.407 e.